The highest BCUT2D eigenvalue weighted by Crippen LogP contribution is 2.30. The molecule has 0 bridgehead atoms. The third-order valence-electron chi connectivity index (χ3n) is 3.62. The van der Waals surface area contributed by atoms with E-state index in [0.717, 1.165) is 37.9 Å². The number of nitriles is 1. The summed E-state index contributed by atoms with van der Waals surface area (Å²) in [6.07, 6.45) is 0. The molecule has 0 aromatic carbocycles. The average molecular weight is 387 g/mol. The second-order valence-electron chi connectivity index (χ2n) is 5.37. The van der Waals surface area contributed by atoms with Gasteiger partial charge in [0.1, 0.15) is 21.3 Å². The molecule has 0 atom stereocenters. The topological polar surface area (TPSA) is 54.0 Å². The van der Waals surface area contributed by atoms with Gasteiger partial charge in [-0.1, -0.05) is 17.8 Å². The van der Waals surface area contributed by atoms with Crippen LogP contribution < -0.4 is 0 Å². The largest absolute Gasteiger partial charge is 0.291 e. The fourth-order valence-electron chi connectivity index (χ4n) is 2.53. The maximum atomic E-state index is 9.36. The number of imidazole rings is 1. The van der Waals surface area contributed by atoms with Crippen molar-refractivity contribution in [2.24, 2.45) is 0 Å². The van der Waals surface area contributed by atoms with Crippen LogP contribution in [0.4, 0.5) is 0 Å². The predicted octanol–water partition coefficient (Wildman–Crippen LogP) is 4.58. The Balaban J connectivity index is 1.95. The summed E-state index contributed by atoms with van der Waals surface area (Å²) in [5.41, 5.74) is 5.54. The number of fused-ring (bicyclic) bond motifs is 1. The van der Waals surface area contributed by atoms with Crippen LogP contribution in [0.25, 0.3) is 5.65 Å². The summed E-state index contributed by atoms with van der Waals surface area (Å²) in [4.78, 5) is 9.18. The normalized spacial score (nSPS) is 10.9. The second-order valence-corrected chi connectivity index (χ2v) is 7.09. The van der Waals surface area contributed by atoms with Crippen LogP contribution in [0.1, 0.15) is 28.2 Å². The van der Waals surface area contributed by atoms with Crippen molar-refractivity contribution < 1.29 is 0 Å². The Morgan fingerprint density at radius 1 is 1.26 bits per heavy atom. The molecule has 4 nitrogen and oxygen atoms in total. The van der Waals surface area contributed by atoms with Crippen LogP contribution in [0, 0.1) is 32.1 Å². The quantitative estimate of drug-likeness (QED) is 0.618. The number of aryl methyl sites for hydroxylation is 3. The number of aromatic nitrogens is 3. The summed E-state index contributed by atoms with van der Waals surface area (Å²) in [5.74, 6) is 0.659. The molecule has 3 aromatic rings. The molecule has 6 heteroatoms. The van der Waals surface area contributed by atoms with Gasteiger partial charge in [-0.3, -0.25) is 4.40 Å². The van der Waals surface area contributed by atoms with E-state index in [4.69, 9.17) is 0 Å². The van der Waals surface area contributed by atoms with Gasteiger partial charge in [0.05, 0.1) is 11.3 Å². The number of hydrogen-bond acceptors (Lipinski definition) is 4. The SMILES string of the molecule is Cc1cc(C)c(C#N)c(SCc2nc3cccc(C)n3c2Br)n1. The van der Waals surface area contributed by atoms with Crippen LogP contribution in [0.3, 0.4) is 0 Å². The first-order valence-corrected chi connectivity index (χ1v) is 8.92. The molecule has 23 heavy (non-hydrogen) atoms. The zero-order valence-corrected chi connectivity index (χ0v) is 15.5. The smallest absolute Gasteiger partial charge is 0.138 e. The summed E-state index contributed by atoms with van der Waals surface area (Å²) >= 11 is 5.19. The van der Waals surface area contributed by atoms with E-state index in [0.29, 0.717) is 11.3 Å². The van der Waals surface area contributed by atoms with E-state index < -0.39 is 0 Å². The first-order chi connectivity index (χ1) is 11.0. The molecule has 0 spiro atoms. The number of pyridine rings is 2. The number of thioether (sulfide) groups is 1. The zero-order valence-electron chi connectivity index (χ0n) is 13.1. The Labute approximate surface area is 147 Å². The van der Waals surface area contributed by atoms with Crippen molar-refractivity contribution in [2.75, 3.05) is 0 Å². The molecule has 3 heterocycles. The van der Waals surface area contributed by atoms with Gasteiger partial charge in [0.2, 0.25) is 0 Å². The van der Waals surface area contributed by atoms with E-state index in [-0.39, 0.29) is 0 Å². The first-order valence-electron chi connectivity index (χ1n) is 7.15. The van der Waals surface area contributed by atoms with Gasteiger partial charge in [-0.25, -0.2) is 9.97 Å². The number of halogens is 1. The number of nitrogens with zero attached hydrogens (tertiary/aromatic N) is 4. The van der Waals surface area contributed by atoms with Crippen molar-refractivity contribution in [3.05, 3.63) is 57.1 Å². The summed E-state index contributed by atoms with van der Waals surface area (Å²) in [6, 6.07) is 10.2. The summed E-state index contributed by atoms with van der Waals surface area (Å²) in [5, 5.41) is 10.1. The highest BCUT2D eigenvalue weighted by Gasteiger charge is 2.14. The molecule has 3 rings (SSSR count). The molecule has 116 valence electrons. The van der Waals surface area contributed by atoms with Gasteiger partial charge in [0, 0.05) is 17.1 Å². The van der Waals surface area contributed by atoms with Gasteiger partial charge in [-0.2, -0.15) is 5.26 Å². The maximum Gasteiger partial charge on any atom is 0.138 e. The van der Waals surface area contributed by atoms with E-state index in [1.54, 1.807) is 11.8 Å². The lowest BCUT2D eigenvalue weighted by atomic mass is 10.1. The Morgan fingerprint density at radius 3 is 2.74 bits per heavy atom. The minimum absolute atomic E-state index is 0.650. The standard InChI is InChI=1S/C17H15BrN4S/c1-10-7-11(2)20-17(13(10)8-19)23-9-14-16(18)22-12(3)5-4-6-15(22)21-14/h4-7H,9H2,1-3H3. The van der Waals surface area contributed by atoms with E-state index >= 15 is 0 Å². The van der Waals surface area contributed by atoms with Crippen molar-refractivity contribution >= 4 is 33.3 Å². The van der Waals surface area contributed by atoms with Gasteiger partial charge >= 0.3 is 0 Å². The van der Waals surface area contributed by atoms with E-state index in [2.05, 4.69) is 49.4 Å². The van der Waals surface area contributed by atoms with Crippen molar-refractivity contribution in [3.63, 3.8) is 0 Å². The molecule has 0 radical (unpaired) electrons. The molecule has 0 saturated heterocycles. The molecule has 0 aliphatic rings. The average Bonchev–Trinajstić information content (AvgIpc) is 2.82. The monoisotopic (exact) mass is 386 g/mol. The lowest BCUT2D eigenvalue weighted by Crippen LogP contribution is -1.95. The van der Waals surface area contributed by atoms with E-state index in [1.807, 2.05) is 32.0 Å². The lowest BCUT2D eigenvalue weighted by Gasteiger charge is -2.06. The summed E-state index contributed by atoms with van der Waals surface area (Å²) < 4.78 is 3.04. The molecule has 0 aliphatic heterocycles. The fourth-order valence-corrected chi connectivity index (χ4v) is 4.44. The van der Waals surface area contributed by atoms with Crippen LogP contribution >= 0.6 is 27.7 Å². The van der Waals surface area contributed by atoms with Gasteiger partial charge in [0.25, 0.3) is 0 Å². The number of hydrogen-bond donors (Lipinski definition) is 0. The molecule has 0 fully saturated rings. The molecule has 0 aliphatic carbocycles. The minimum Gasteiger partial charge on any atom is -0.291 e. The molecule has 3 aromatic heterocycles. The van der Waals surface area contributed by atoms with Crippen LogP contribution in [0.2, 0.25) is 0 Å². The van der Waals surface area contributed by atoms with Crippen LogP contribution in [0.5, 0.6) is 0 Å². The van der Waals surface area contributed by atoms with Crippen LogP contribution in [-0.2, 0) is 5.75 Å². The third kappa shape index (κ3) is 2.99. The Morgan fingerprint density at radius 2 is 2.04 bits per heavy atom. The zero-order chi connectivity index (χ0) is 16.6. The van der Waals surface area contributed by atoms with Gasteiger partial charge in [-0.05, 0) is 60.5 Å². The summed E-state index contributed by atoms with van der Waals surface area (Å²) in [7, 11) is 0. The Bertz CT molecular complexity index is 940. The molecule has 0 amide bonds. The van der Waals surface area contributed by atoms with Gasteiger partial charge in [-0.15, -0.1) is 0 Å². The van der Waals surface area contributed by atoms with Crippen molar-refractivity contribution in [2.45, 2.75) is 31.6 Å². The fraction of sp³-hybridized carbons (Fsp3) is 0.235. The summed E-state index contributed by atoms with van der Waals surface area (Å²) in [6.45, 7) is 5.94. The van der Waals surface area contributed by atoms with Crippen molar-refractivity contribution in [1.29, 1.82) is 5.26 Å². The van der Waals surface area contributed by atoms with E-state index in [1.165, 1.54) is 0 Å². The van der Waals surface area contributed by atoms with Gasteiger partial charge < -0.3 is 0 Å². The second kappa shape index (κ2) is 6.34. The molecular formula is C17H15BrN4S. The number of rotatable bonds is 3. The maximum absolute atomic E-state index is 9.36. The molecule has 0 saturated carbocycles. The Hall–Kier alpha value is -1.84. The molecular weight excluding hydrogens is 372 g/mol. The highest BCUT2D eigenvalue weighted by molar-refractivity contribution is 9.10. The minimum atomic E-state index is 0.650. The van der Waals surface area contributed by atoms with Crippen LogP contribution in [-0.4, -0.2) is 14.4 Å². The highest BCUT2D eigenvalue weighted by atomic mass is 79.9. The first kappa shape index (κ1) is 16.0. The van der Waals surface area contributed by atoms with Crippen molar-refractivity contribution in [1.82, 2.24) is 14.4 Å². The van der Waals surface area contributed by atoms with E-state index in [9.17, 15) is 5.26 Å². The predicted molar refractivity (Wildman–Crippen MR) is 95.6 cm³/mol. The van der Waals surface area contributed by atoms with Gasteiger partial charge in [0.15, 0.2) is 0 Å². The molecule has 0 unspecified atom stereocenters. The van der Waals surface area contributed by atoms with Crippen LogP contribution in [0.15, 0.2) is 33.9 Å². The third-order valence-corrected chi connectivity index (χ3v) is 5.42. The molecule has 0 N–H and O–H groups in total. The Kier molecular flexibility index (Phi) is 4.42. The van der Waals surface area contributed by atoms with Crippen molar-refractivity contribution in [3.8, 4) is 6.07 Å². The lowest BCUT2D eigenvalue weighted by molar-refractivity contribution is 1.02.